The molecule has 1 N–H and O–H groups in total. The van der Waals surface area contributed by atoms with Crippen molar-refractivity contribution in [2.24, 2.45) is 14.1 Å². The van der Waals surface area contributed by atoms with E-state index in [1.165, 1.54) is 9.36 Å². The van der Waals surface area contributed by atoms with Crippen LogP contribution in [0.2, 0.25) is 0 Å². The van der Waals surface area contributed by atoms with Gasteiger partial charge in [-0.15, -0.1) is 12.1 Å². The van der Waals surface area contributed by atoms with E-state index < -0.39 is 0 Å². The number of hydrogen-bond donors (Lipinski definition) is 1. The van der Waals surface area contributed by atoms with Crippen LogP contribution in [0, 0.1) is 12.1 Å². The molecule has 0 saturated carbocycles. The van der Waals surface area contributed by atoms with Crippen molar-refractivity contribution >= 4 is 0 Å². The van der Waals surface area contributed by atoms with Crippen LogP contribution in [0.4, 0.5) is 0 Å². The number of aromatic nitrogens is 2. The Morgan fingerprint density at radius 3 is 2.28 bits per heavy atom. The van der Waals surface area contributed by atoms with Gasteiger partial charge in [-0.05, 0) is 0 Å². The van der Waals surface area contributed by atoms with Gasteiger partial charge in [-0.3, -0.25) is 31.9 Å². The fraction of sp³-hybridized carbons (Fsp3) is 0.211. The minimum atomic E-state index is -0.235. The van der Waals surface area contributed by atoms with Crippen molar-refractivity contribution in [1.29, 1.82) is 0 Å². The zero-order valence-electron chi connectivity index (χ0n) is 14.4. The number of hydrogen-bond acceptors (Lipinski definition) is 2. The van der Waals surface area contributed by atoms with Crippen LogP contribution in [-0.4, -0.2) is 14.5 Å². The Bertz CT molecular complexity index is 917. The van der Waals surface area contributed by atoms with Crippen molar-refractivity contribution in [1.82, 2.24) is 9.36 Å². The van der Waals surface area contributed by atoms with E-state index in [9.17, 15) is 9.90 Å². The minimum absolute atomic E-state index is 0. The third-order valence-electron chi connectivity index (χ3n) is 4.14. The molecule has 1 heterocycles. The second-order valence-electron chi connectivity index (χ2n) is 5.46. The minimum Gasteiger partial charge on any atom is -0.493 e. The van der Waals surface area contributed by atoms with E-state index in [4.69, 9.17) is 0 Å². The molecule has 3 rings (SSSR count). The van der Waals surface area contributed by atoms with Gasteiger partial charge in [0.25, 0.3) is 5.56 Å². The first-order chi connectivity index (χ1) is 11.0. The molecule has 0 spiro atoms. The molecule has 2 aromatic carbocycles. The summed E-state index contributed by atoms with van der Waals surface area (Å²) < 4.78 is 2.82. The van der Waals surface area contributed by atoms with Crippen LogP contribution >= 0.6 is 0 Å². The van der Waals surface area contributed by atoms with Crippen LogP contribution in [0.3, 0.4) is 0 Å². The van der Waals surface area contributed by atoms with Crippen molar-refractivity contribution < 1.29 is 58.9 Å². The first kappa shape index (κ1) is 22.1. The van der Waals surface area contributed by atoms with E-state index in [-0.39, 0.29) is 70.8 Å². The zero-order chi connectivity index (χ0) is 16.6. The summed E-state index contributed by atoms with van der Waals surface area (Å²) in [6.07, 6.45) is 0.731. The second-order valence-corrected chi connectivity index (χ2v) is 5.46. The molecule has 0 amide bonds. The maximum atomic E-state index is 12.5. The monoisotopic (exact) mass is 579 g/mol. The van der Waals surface area contributed by atoms with Crippen molar-refractivity contribution in [2.75, 3.05) is 0 Å². The third-order valence-corrected chi connectivity index (χ3v) is 4.14. The maximum Gasteiger partial charge on any atom is 0.275 e. The van der Waals surface area contributed by atoms with Crippen LogP contribution in [-0.2, 0) is 74.3 Å². The Labute approximate surface area is 187 Å². The van der Waals surface area contributed by atoms with Crippen LogP contribution < -0.4 is 5.56 Å². The predicted octanol–water partition coefficient (Wildman–Crippen LogP) is 2.92. The smallest absolute Gasteiger partial charge is 0.275 e. The topological polar surface area (TPSA) is 47.2 Å². The molecule has 127 valence electrons. The number of rotatable bonds is 3. The van der Waals surface area contributed by atoms with Gasteiger partial charge in [0.05, 0.1) is 5.56 Å². The maximum absolute atomic E-state index is 12.5. The van der Waals surface area contributed by atoms with E-state index >= 15 is 0 Å². The largest absolute Gasteiger partial charge is 0.493 e. The summed E-state index contributed by atoms with van der Waals surface area (Å²) in [4.78, 5) is 12.5. The van der Waals surface area contributed by atoms with E-state index in [1.54, 1.807) is 14.1 Å². The van der Waals surface area contributed by atoms with Crippen molar-refractivity contribution in [2.45, 2.75) is 13.3 Å². The van der Waals surface area contributed by atoms with Gasteiger partial charge in [0.2, 0.25) is 5.88 Å². The fourth-order valence-electron chi connectivity index (χ4n) is 2.65. The summed E-state index contributed by atoms with van der Waals surface area (Å²) in [6, 6.07) is 18.2. The Kier molecular flexibility index (Phi) is 8.05. The molecule has 0 atom stereocenters. The molecule has 0 aliphatic rings. The Morgan fingerprint density at radius 2 is 1.76 bits per heavy atom. The van der Waals surface area contributed by atoms with Gasteiger partial charge in [0.15, 0.2) is 0 Å². The molecule has 3 aromatic rings. The quantitative estimate of drug-likeness (QED) is 0.486. The van der Waals surface area contributed by atoms with Crippen molar-refractivity contribution in [3.8, 4) is 28.1 Å². The molecule has 0 bridgehead atoms. The molecule has 6 heteroatoms. The molecule has 4 nitrogen and oxygen atoms in total. The van der Waals surface area contributed by atoms with Gasteiger partial charge in [-0.25, -0.2) is 11.6 Å². The van der Waals surface area contributed by atoms with Crippen molar-refractivity contribution in [3.63, 3.8) is 0 Å². The molecule has 0 aliphatic heterocycles. The SMILES string of the molecule is CCc1c[c-]c(-c2ccccc2)[c-]c1-c1c(O)n(C)n(C)c1=O.[W].[Y]. The van der Waals surface area contributed by atoms with Crippen LogP contribution in [0.1, 0.15) is 12.5 Å². The first-order valence-electron chi connectivity index (χ1n) is 7.52. The summed E-state index contributed by atoms with van der Waals surface area (Å²) in [7, 11) is 3.28. The predicted molar refractivity (Wildman–Crippen MR) is 90.2 cm³/mol. The fourth-order valence-corrected chi connectivity index (χ4v) is 2.65. The second kappa shape index (κ2) is 9.12. The summed E-state index contributed by atoms with van der Waals surface area (Å²) in [5.41, 5.74) is 3.39. The molecular weight excluding hydrogens is 561 g/mol. The normalized spacial score (nSPS) is 10.0. The first-order valence-corrected chi connectivity index (χ1v) is 7.52. The number of nitrogens with zero attached hydrogens (tertiary/aromatic N) is 2. The molecular formula is C19H18N2O2WY-2. The van der Waals surface area contributed by atoms with Crippen molar-refractivity contribution in [3.05, 3.63) is 64.4 Å². The number of benzene rings is 2. The van der Waals surface area contributed by atoms with Gasteiger partial charge in [-0.2, -0.15) is 11.1 Å². The summed E-state index contributed by atoms with van der Waals surface area (Å²) in [5, 5.41) is 10.3. The van der Waals surface area contributed by atoms with Gasteiger partial charge in [0, 0.05) is 67.9 Å². The number of aromatic hydroxyl groups is 1. The summed E-state index contributed by atoms with van der Waals surface area (Å²) in [5.74, 6) is -0.0475. The summed E-state index contributed by atoms with van der Waals surface area (Å²) >= 11 is 0. The number of aryl methyl sites for hydroxylation is 1. The van der Waals surface area contributed by atoms with Crippen LogP contribution in [0.15, 0.2) is 41.2 Å². The molecule has 0 unspecified atom stereocenters. The van der Waals surface area contributed by atoms with Gasteiger partial charge in [0.1, 0.15) is 0 Å². The van der Waals surface area contributed by atoms with Crippen LogP contribution in [0.5, 0.6) is 5.88 Å². The molecule has 25 heavy (non-hydrogen) atoms. The molecule has 1 aromatic heterocycles. The standard InChI is InChI=1S/C19H18N2O2.W.Y/c1-4-13-10-11-15(14-8-6-5-7-9-14)12-16(13)17-18(22)20(2)21(3)19(17)23;;/h5-10,22H,4H2,1-3H3;;/q-2;;. The van der Waals surface area contributed by atoms with E-state index in [1.807, 2.05) is 43.3 Å². The average Bonchev–Trinajstić information content (AvgIpc) is 2.78. The molecule has 1 radical (unpaired) electrons. The molecule has 0 saturated heterocycles. The zero-order valence-corrected chi connectivity index (χ0v) is 20.2. The van der Waals surface area contributed by atoms with Gasteiger partial charge >= 0.3 is 0 Å². The van der Waals surface area contributed by atoms with Crippen LogP contribution in [0.25, 0.3) is 22.3 Å². The van der Waals surface area contributed by atoms with E-state index in [2.05, 4.69) is 12.1 Å². The molecule has 0 aliphatic carbocycles. The average molecular weight is 579 g/mol. The molecule has 0 fully saturated rings. The van der Waals surface area contributed by atoms with E-state index in [0.717, 1.165) is 23.1 Å². The van der Waals surface area contributed by atoms with Gasteiger partial charge < -0.3 is 5.11 Å². The summed E-state index contributed by atoms with van der Waals surface area (Å²) in [6.45, 7) is 2.01. The Hall–Kier alpha value is -0.958. The third kappa shape index (κ3) is 4.07. The van der Waals surface area contributed by atoms with E-state index in [0.29, 0.717) is 5.56 Å². The van der Waals surface area contributed by atoms with Gasteiger partial charge in [-0.1, -0.05) is 31.5 Å². The Morgan fingerprint density at radius 1 is 1.12 bits per heavy atom. The Balaban J connectivity index is 0.00000156.